The van der Waals surface area contributed by atoms with Gasteiger partial charge in [0, 0.05) is 6.07 Å². The highest BCUT2D eigenvalue weighted by molar-refractivity contribution is 9.10. The average Bonchev–Trinajstić information content (AvgIpc) is 2.34. The largest absolute Gasteiger partial charge is 0.453 e. The first-order valence-corrected chi connectivity index (χ1v) is 5.83. The van der Waals surface area contributed by atoms with E-state index in [1.165, 1.54) is 12.1 Å². The summed E-state index contributed by atoms with van der Waals surface area (Å²) in [5.41, 5.74) is -0.372. The van der Waals surface area contributed by atoms with Crippen molar-refractivity contribution < 1.29 is 18.4 Å². The van der Waals surface area contributed by atoms with Crippen molar-refractivity contribution in [1.29, 1.82) is 0 Å². The SMILES string of the molecule is O=[N+]([O-])c1ccc(Oc2ccc(F)cc2Br)c(F)c1. The third-order valence-electron chi connectivity index (χ3n) is 2.24. The highest BCUT2D eigenvalue weighted by Gasteiger charge is 2.13. The lowest BCUT2D eigenvalue weighted by atomic mass is 10.3. The van der Waals surface area contributed by atoms with Gasteiger partial charge in [-0.15, -0.1) is 0 Å². The minimum Gasteiger partial charge on any atom is -0.453 e. The Labute approximate surface area is 114 Å². The molecule has 0 aliphatic carbocycles. The molecule has 0 saturated heterocycles. The second-order valence-electron chi connectivity index (χ2n) is 3.55. The quantitative estimate of drug-likeness (QED) is 0.618. The maximum Gasteiger partial charge on any atom is 0.272 e. The Morgan fingerprint density at radius 2 is 1.79 bits per heavy atom. The summed E-state index contributed by atoms with van der Waals surface area (Å²) < 4.78 is 32.0. The minimum absolute atomic E-state index is 0.182. The summed E-state index contributed by atoms with van der Waals surface area (Å²) in [6, 6.07) is 6.66. The zero-order chi connectivity index (χ0) is 14.0. The minimum atomic E-state index is -0.870. The Kier molecular flexibility index (Phi) is 3.75. The van der Waals surface area contributed by atoms with Crippen LogP contribution in [0.25, 0.3) is 0 Å². The molecule has 4 nitrogen and oxygen atoms in total. The molecule has 0 N–H and O–H groups in total. The number of halogens is 3. The number of nitro groups is 1. The van der Waals surface area contributed by atoms with E-state index in [-0.39, 0.29) is 17.2 Å². The molecule has 2 aromatic rings. The van der Waals surface area contributed by atoms with Crippen LogP contribution in [-0.2, 0) is 0 Å². The van der Waals surface area contributed by atoms with Crippen LogP contribution in [0.5, 0.6) is 11.5 Å². The van der Waals surface area contributed by atoms with Crippen LogP contribution in [0.4, 0.5) is 14.5 Å². The second-order valence-corrected chi connectivity index (χ2v) is 4.40. The molecule has 0 heterocycles. The number of ether oxygens (including phenoxy) is 1. The Morgan fingerprint density at radius 3 is 2.37 bits per heavy atom. The van der Waals surface area contributed by atoms with Gasteiger partial charge in [0.05, 0.1) is 15.5 Å². The van der Waals surface area contributed by atoms with Crippen molar-refractivity contribution in [2.24, 2.45) is 0 Å². The molecular weight excluding hydrogens is 324 g/mol. The topological polar surface area (TPSA) is 52.4 Å². The van der Waals surface area contributed by atoms with Crippen LogP contribution in [0.2, 0.25) is 0 Å². The zero-order valence-electron chi connectivity index (χ0n) is 9.27. The Hall–Kier alpha value is -2.02. The molecule has 0 aliphatic rings. The fourth-order valence-electron chi connectivity index (χ4n) is 1.36. The van der Waals surface area contributed by atoms with Crippen molar-refractivity contribution in [3.05, 3.63) is 62.6 Å². The van der Waals surface area contributed by atoms with Crippen molar-refractivity contribution in [2.75, 3.05) is 0 Å². The van der Waals surface area contributed by atoms with Gasteiger partial charge in [-0.05, 0) is 40.2 Å². The van der Waals surface area contributed by atoms with Gasteiger partial charge in [-0.25, -0.2) is 8.78 Å². The predicted molar refractivity (Wildman–Crippen MR) is 67.2 cm³/mol. The molecule has 0 saturated carbocycles. The summed E-state index contributed by atoms with van der Waals surface area (Å²) in [6.07, 6.45) is 0. The summed E-state index contributed by atoms with van der Waals surface area (Å²) in [6.45, 7) is 0. The molecule has 0 atom stereocenters. The fraction of sp³-hybridized carbons (Fsp3) is 0. The van der Waals surface area contributed by atoms with E-state index in [1.807, 2.05) is 0 Å². The second kappa shape index (κ2) is 5.31. The van der Waals surface area contributed by atoms with E-state index in [1.54, 1.807) is 0 Å². The standard InChI is InChI=1S/C12H6BrF2NO3/c13-9-5-7(14)1-3-11(9)19-12-4-2-8(16(17)18)6-10(12)15/h1-6H. The van der Waals surface area contributed by atoms with E-state index in [2.05, 4.69) is 15.9 Å². The van der Waals surface area contributed by atoms with Crippen molar-refractivity contribution in [2.45, 2.75) is 0 Å². The van der Waals surface area contributed by atoms with Crippen molar-refractivity contribution >= 4 is 21.6 Å². The Balaban J connectivity index is 2.31. The molecule has 7 heteroatoms. The molecule has 98 valence electrons. The normalized spacial score (nSPS) is 10.3. The predicted octanol–water partition coefficient (Wildman–Crippen LogP) is 4.43. The Bertz CT molecular complexity index is 649. The molecule has 0 spiro atoms. The van der Waals surface area contributed by atoms with Crippen LogP contribution in [0.15, 0.2) is 40.9 Å². The zero-order valence-corrected chi connectivity index (χ0v) is 10.9. The van der Waals surface area contributed by atoms with Crippen LogP contribution >= 0.6 is 15.9 Å². The summed E-state index contributed by atoms with van der Waals surface area (Å²) in [4.78, 5) is 9.76. The van der Waals surface area contributed by atoms with Gasteiger partial charge in [-0.1, -0.05) is 0 Å². The highest BCUT2D eigenvalue weighted by atomic mass is 79.9. The number of non-ortho nitro benzene ring substituents is 1. The molecule has 19 heavy (non-hydrogen) atoms. The van der Waals surface area contributed by atoms with Gasteiger partial charge < -0.3 is 4.74 Å². The van der Waals surface area contributed by atoms with Gasteiger partial charge in [-0.3, -0.25) is 10.1 Å². The monoisotopic (exact) mass is 329 g/mol. The molecule has 2 rings (SSSR count). The number of benzene rings is 2. The van der Waals surface area contributed by atoms with Crippen LogP contribution in [0.1, 0.15) is 0 Å². The molecule has 0 radical (unpaired) electrons. The van der Waals surface area contributed by atoms with E-state index in [9.17, 15) is 18.9 Å². The number of rotatable bonds is 3. The van der Waals surface area contributed by atoms with E-state index in [0.717, 1.165) is 24.3 Å². The first-order valence-electron chi connectivity index (χ1n) is 5.04. The third-order valence-corrected chi connectivity index (χ3v) is 2.86. The van der Waals surface area contributed by atoms with Gasteiger partial charge in [-0.2, -0.15) is 0 Å². The average molecular weight is 330 g/mol. The van der Waals surface area contributed by atoms with E-state index >= 15 is 0 Å². The lowest BCUT2D eigenvalue weighted by molar-refractivity contribution is -0.385. The van der Waals surface area contributed by atoms with E-state index in [0.29, 0.717) is 4.47 Å². The molecule has 0 unspecified atom stereocenters. The summed E-state index contributed by atoms with van der Waals surface area (Å²) >= 11 is 3.07. The number of nitrogens with zero attached hydrogens (tertiary/aromatic N) is 1. The number of hydrogen-bond acceptors (Lipinski definition) is 3. The highest BCUT2D eigenvalue weighted by Crippen LogP contribution is 2.32. The lowest BCUT2D eigenvalue weighted by Crippen LogP contribution is -1.93. The Morgan fingerprint density at radius 1 is 1.11 bits per heavy atom. The van der Waals surface area contributed by atoms with Gasteiger partial charge in [0.15, 0.2) is 11.6 Å². The van der Waals surface area contributed by atoms with Crippen molar-refractivity contribution in [3.63, 3.8) is 0 Å². The molecule has 0 aliphatic heterocycles. The maximum absolute atomic E-state index is 13.6. The number of nitro benzene ring substituents is 1. The van der Waals surface area contributed by atoms with Gasteiger partial charge >= 0.3 is 0 Å². The van der Waals surface area contributed by atoms with Crippen molar-refractivity contribution in [1.82, 2.24) is 0 Å². The van der Waals surface area contributed by atoms with Crippen LogP contribution in [-0.4, -0.2) is 4.92 Å². The van der Waals surface area contributed by atoms with E-state index < -0.39 is 16.6 Å². The van der Waals surface area contributed by atoms with Crippen LogP contribution < -0.4 is 4.74 Å². The van der Waals surface area contributed by atoms with Crippen LogP contribution in [0, 0.1) is 21.7 Å². The fourth-order valence-corrected chi connectivity index (χ4v) is 1.79. The molecule has 2 aromatic carbocycles. The third kappa shape index (κ3) is 3.05. The molecule has 0 aromatic heterocycles. The van der Waals surface area contributed by atoms with E-state index in [4.69, 9.17) is 4.74 Å². The lowest BCUT2D eigenvalue weighted by Gasteiger charge is -2.08. The van der Waals surface area contributed by atoms with Gasteiger partial charge in [0.1, 0.15) is 11.6 Å². The first-order chi connectivity index (χ1) is 8.97. The van der Waals surface area contributed by atoms with Crippen LogP contribution in [0.3, 0.4) is 0 Å². The summed E-state index contributed by atoms with van der Waals surface area (Å²) in [5.74, 6) is -1.32. The molecule has 0 fully saturated rings. The molecule has 0 amide bonds. The summed E-state index contributed by atoms with van der Waals surface area (Å²) in [7, 11) is 0. The van der Waals surface area contributed by atoms with Gasteiger partial charge in [0.25, 0.3) is 5.69 Å². The summed E-state index contributed by atoms with van der Waals surface area (Å²) in [5, 5.41) is 10.5. The molecule has 0 bridgehead atoms. The maximum atomic E-state index is 13.6. The smallest absolute Gasteiger partial charge is 0.272 e. The molecular formula is C12H6BrF2NO3. The van der Waals surface area contributed by atoms with Crippen molar-refractivity contribution in [3.8, 4) is 11.5 Å². The number of hydrogen-bond donors (Lipinski definition) is 0. The van der Waals surface area contributed by atoms with Gasteiger partial charge in [0.2, 0.25) is 0 Å². The first kappa shape index (κ1) is 13.4.